The predicted octanol–water partition coefficient (Wildman–Crippen LogP) is 2.36. The number of H-pyrrole nitrogens is 1. The third-order valence-electron chi connectivity index (χ3n) is 5.11. The number of halogens is 1. The van der Waals surface area contributed by atoms with Crippen LogP contribution < -0.4 is 15.6 Å². The van der Waals surface area contributed by atoms with Crippen LogP contribution in [0.25, 0.3) is 10.9 Å². The number of hydrogen-bond donors (Lipinski definition) is 3. The van der Waals surface area contributed by atoms with E-state index in [0.717, 1.165) is 54.3 Å². The van der Waals surface area contributed by atoms with Crippen LogP contribution in [-0.4, -0.2) is 59.5 Å². The van der Waals surface area contributed by atoms with Crippen molar-refractivity contribution in [1.82, 2.24) is 25.6 Å². The molecule has 1 saturated heterocycles. The molecule has 0 bridgehead atoms. The molecule has 1 atom stereocenters. The highest BCUT2D eigenvalue weighted by molar-refractivity contribution is 6.38. The van der Waals surface area contributed by atoms with Gasteiger partial charge < -0.3 is 15.0 Å². The molecule has 2 aromatic heterocycles. The van der Waals surface area contributed by atoms with Crippen LogP contribution in [0.4, 0.5) is 11.5 Å². The Labute approximate surface area is 172 Å². The molecule has 1 aromatic carbocycles. The van der Waals surface area contributed by atoms with Crippen LogP contribution >= 0.6 is 11.6 Å². The molecule has 0 spiro atoms. The topological polar surface area (TPSA) is 93.7 Å². The Kier molecular flexibility index (Phi) is 4.70. The molecule has 2 aliphatic heterocycles. The first kappa shape index (κ1) is 18.2. The van der Waals surface area contributed by atoms with E-state index in [2.05, 4.69) is 36.9 Å². The fourth-order valence-corrected chi connectivity index (χ4v) is 3.75. The summed E-state index contributed by atoms with van der Waals surface area (Å²) in [7, 11) is 1.91. The van der Waals surface area contributed by atoms with Gasteiger partial charge in [-0.2, -0.15) is 5.10 Å². The molecule has 0 amide bonds. The molecule has 9 nitrogen and oxygen atoms in total. The number of aliphatic imine (C=N–C) groups is 1. The standard InChI is InChI=1S/C19H21ClN8O/c1-27-19(23-15-4-3-14-13(17(15)20)11-22-25-14)24-18(26-27)12-2-5-16(21-10-12)28-6-8-29-9-7-28/h2-5,10-11,18,26H,6-9H2,1H3,(H,22,25)(H,23,24). The fourth-order valence-electron chi connectivity index (χ4n) is 3.49. The van der Waals surface area contributed by atoms with Crippen molar-refractivity contribution in [3.05, 3.63) is 47.2 Å². The zero-order valence-electron chi connectivity index (χ0n) is 15.9. The molecular formula is C19H21ClN8O. The van der Waals surface area contributed by atoms with E-state index in [9.17, 15) is 0 Å². The van der Waals surface area contributed by atoms with Gasteiger partial charge in [-0.15, -0.1) is 0 Å². The van der Waals surface area contributed by atoms with Crippen LogP contribution in [0.5, 0.6) is 0 Å². The quantitative estimate of drug-likeness (QED) is 0.608. The Hall–Kier alpha value is -2.88. The molecule has 0 radical (unpaired) electrons. The maximum absolute atomic E-state index is 6.51. The number of benzene rings is 1. The second-order valence-electron chi connectivity index (χ2n) is 6.98. The fraction of sp³-hybridized carbons (Fsp3) is 0.316. The van der Waals surface area contributed by atoms with Crippen molar-refractivity contribution in [1.29, 1.82) is 0 Å². The summed E-state index contributed by atoms with van der Waals surface area (Å²) < 4.78 is 5.40. The normalized spacial score (nSPS) is 19.7. The van der Waals surface area contributed by atoms with Crippen LogP contribution in [0.1, 0.15) is 11.7 Å². The Morgan fingerprint density at radius 1 is 1.17 bits per heavy atom. The van der Waals surface area contributed by atoms with E-state index in [0.29, 0.717) is 11.0 Å². The molecule has 1 unspecified atom stereocenters. The molecule has 3 N–H and O–H groups in total. The summed E-state index contributed by atoms with van der Waals surface area (Å²) in [6.45, 7) is 3.21. The zero-order valence-corrected chi connectivity index (χ0v) is 16.6. The average Bonchev–Trinajstić information content (AvgIpc) is 3.38. The lowest BCUT2D eigenvalue weighted by molar-refractivity contribution is 0.122. The van der Waals surface area contributed by atoms with Gasteiger partial charge in [-0.1, -0.05) is 17.7 Å². The molecule has 0 aliphatic carbocycles. The van der Waals surface area contributed by atoms with Crippen LogP contribution in [0, 0.1) is 0 Å². The van der Waals surface area contributed by atoms with E-state index in [1.54, 1.807) is 6.20 Å². The summed E-state index contributed by atoms with van der Waals surface area (Å²) in [5.74, 6) is 1.64. The Bertz CT molecular complexity index is 1040. The van der Waals surface area contributed by atoms with Crippen molar-refractivity contribution in [3.63, 3.8) is 0 Å². The van der Waals surface area contributed by atoms with Gasteiger partial charge in [-0.05, 0) is 18.2 Å². The highest BCUT2D eigenvalue weighted by Crippen LogP contribution is 2.31. The molecule has 10 heteroatoms. The van der Waals surface area contributed by atoms with Crippen LogP contribution in [0.15, 0.2) is 41.7 Å². The minimum atomic E-state index is -0.217. The summed E-state index contributed by atoms with van der Waals surface area (Å²) in [6, 6.07) is 7.93. The highest BCUT2D eigenvalue weighted by Gasteiger charge is 2.24. The second kappa shape index (κ2) is 7.51. The van der Waals surface area contributed by atoms with Gasteiger partial charge in [0.2, 0.25) is 5.96 Å². The van der Waals surface area contributed by atoms with Crippen LogP contribution in [0.3, 0.4) is 0 Å². The van der Waals surface area contributed by atoms with Crippen LogP contribution in [0.2, 0.25) is 5.02 Å². The lowest BCUT2D eigenvalue weighted by Gasteiger charge is -2.27. The molecule has 150 valence electrons. The molecule has 29 heavy (non-hydrogen) atoms. The van der Waals surface area contributed by atoms with E-state index in [4.69, 9.17) is 21.3 Å². The number of guanidine groups is 1. The van der Waals surface area contributed by atoms with E-state index in [-0.39, 0.29) is 6.17 Å². The molecule has 1 fully saturated rings. The summed E-state index contributed by atoms with van der Waals surface area (Å²) in [6.07, 6.45) is 3.36. The van der Waals surface area contributed by atoms with Crippen molar-refractivity contribution in [2.45, 2.75) is 6.17 Å². The zero-order chi connectivity index (χ0) is 19.8. The van der Waals surface area contributed by atoms with Gasteiger partial charge in [0.15, 0.2) is 0 Å². The van der Waals surface area contributed by atoms with Crippen molar-refractivity contribution >= 4 is 40.0 Å². The Morgan fingerprint density at radius 3 is 2.83 bits per heavy atom. The first-order chi connectivity index (χ1) is 14.2. The maximum atomic E-state index is 6.51. The van der Waals surface area contributed by atoms with E-state index < -0.39 is 0 Å². The lowest BCUT2D eigenvalue weighted by Crippen LogP contribution is -2.38. The molecular weight excluding hydrogens is 392 g/mol. The molecule has 4 heterocycles. The number of nitrogens with zero attached hydrogens (tertiary/aromatic N) is 5. The first-order valence-electron chi connectivity index (χ1n) is 9.44. The molecule has 5 rings (SSSR count). The first-order valence-corrected chi connectivity index (χ1v) is 9.82. The molecule has 3 aromatic rings. The van der Waals surface area contributed by atoms with Gasteiger partial charge in [0, 0.05) is 37.3 Å². The number of nitrogens with one attached hydrogen (secondary N) is 3. The minimum absolute atomic E-state index is 0.217. The Balaban J connectivity index is 1.34. The number of hydrogen-bond acceptors (Lipinski definition) is 8. The van der Waals surface area contributed by atoms with E-state index in [1.807, 2.05) is 36.5 Å². The van der Waals surface area contributed by atoms with Crippen molar-refractivity contribution in [2.75, 3.05) is 43.6 Å². The largest absolute Gasteiger partial charge is 0.378 e. The molecule has 0 saturated carbocycles. The monoisotopic (exact) mass is 412 g/mol. The second-order valence-corrected chi connectivity index (χ2v) is 7.35. The number of morpholine rings is 1. The van der Waals surface area contributed by atoms with Crippen molar-refractivity contribution < 1.29 is 4.74 Å². The smallest absolute Gasteiger partial charge is 0.215 e. The number of ether oxygens (including phenoxy) is 1. The number of rotatable bonds is 3. The van der Waals surface area contributed by atoms with Crippen molar-refractivity contribution in [3.8, 4) is 0 Å². The van der Waals surface area contributed by atoms with Gasteiger partial charge in [-0.3, -0.25) is 10.1 Å². The number of fused-ring (bicyclic) bond motifs is 1. The number of anilines is 2. The van der Waals surface area contributed by atoms with Gasteiger partial charge in [-0.25, -0.2) is 15.4 Å². The SMILES string of the molecule is CN1NC(c2ccc(N3CCOCC3)nc2)N=C1Nc1ccc2[nH]ncc2c1Cl. The summed E-state index contributed by atoms with van der Waals surface area (Å²) in [4.78, 5) is 11.6. The number of aromatic nitrogens is 3. The summed E-state index contributed by atoms with van der Waals surface area (Å²) in [5.41, 5.74) is 5.98. The third-order valence-corrected chi connectivity index (χ3v) is 5.52. The average molecular weight is 413 g/mol. The highest BCUT2D eigenvalue weighted by atomic mass is 35.5. The number of hydrazine groups is 1. The number of aromatic amines is 1. The van der Waals surface area contributed by atoms with Gasteiger partial charge in [0.25, 0.3) is 0 Å². The van der Waals surface area contributed by atoms with Gasteiger partial charge in [0.1, 0.15) is 12.0 Å². The van der Waals surface area contributed by atoms with Gasteiger partial charge in [0.05, 0.1) is 35.6 Å². The predicted molar refractivity (Wildman–Crippen MR) is 113 cm³/mol. The maximum Gasteiger partial charge on any atom is 0.215 e. The van der Waals surface area contributed by atoms with E-state index in [1.165, 1.54) is 0 Å². The third kappa shape index (κ3) is 3.48. The van der Waals surface area contributed by atoms with Crippen molar-refractivity contribution in [2.24, 2.45) is 4.99 Å². The minimum Gasteiger partial charge on any atom is -0.378 e. The van der Waals surface area contributed by atoms with Gasteiger partial charge >= 0.3 is 0 Å². The number of pyridine rings is 1. The van der Waals surface area contributed by atoms with Crippen LogP contribution in [-0.2, 0) is 4.74 Å². The summed E-state index contributed by atoms with van der Waals surface area (Å²) >= 11 is 6.51. The Morgan fingerprint density at radius 2 is 2.03 bits per heavy atom. The lowest BCUT2D eigenvalue weighted by atomic mass is 10.2. The summed E-state index contributed by atoms with van der Waals surface area (Å²) in [5, 5.41) is 13.6. The van der Waals surface area contributed by atoms with E-state index >= 15 is 0 Å². The molecule has 2 aliphatic rings.